The molecule has 0 bridgehead atoms. The van der Waals surface area contributed by atoms with Gasteiger partial charge >= 0.3 is 5.97 Å². The van der Waals surface area contributed by atoms with E-state index in [9.17, 15) is 14.7 Å². The first-order valence-electron chi connectivity index (χ1n) is 7.52. The predicted octanol–water partition coefficient (Wildman–Crippen LogP) is 1.58. The van der Waals surface area contributed by atoms with E-state index in [1.165, 1.54) is 6.07 Å². The third-order valence-electron chi connectivity index (χ3n) is 4.87. The van der Waals surface area contributed by atoms with Crippen LogP contribution in [0.3, 0.4) is 0 Å². The lowest BCUT2D eigenvalue weighted by Crippen LogP contribution is -2.39. The fraction of sp³-hybridized carbons (Fsp3) is 0.667. The summed E-state index contributed by atoms with van der Waals surface area (Å²) in [6.07, 6.45) is 2.72. The molecule has 2 N–H and O–H groups in total. The van der Waals surface area contributed by atoms with Gasteiger partial charge in [0.2, 0.25) is 0 Å². The fourth-order valence-electron chi connectivity index (χ4n) is 3.10. The van der Waals surface area contributed by atoms with Crippen molar-refractivity contribution >= 4 is 11.8 Å². The normalized spacial score (nSPS) is 25.6. The molecule has 1 aliphatic carbocycles. The second-order valence-corrected chi connectivity index (χ2v) is 6.55. The first kappa shape index (κ1) is 14.1. The molecule has 1 unspecified atom stereocenters. The lowest BCUT2D eigenvalue weighted by Gasteiger charge is -2.28. The number of aromatic amines is 1. The molecule has 3 rings (SSSR count). The van der Waals surface area contributed by atoms with Crippen molar-refractivity contribution in [3.8, 4) is 0 Å². The molecule has 1 atom stereocenters. The molecule has 0 radical (unpaired) electrons. The van der Waals surface area contributed by atoms with Gasteiger partial charge in [0, 0.05) is 25.1 Å². The van der Waals surface area contributed by atoms with Crippen molar-refractivity contribution < 1.29 is 9.90 Å². The number of H-pyrrole nitrogens is 1. The van der Waals surface area contributed by atoms with Gasteiger partial charge in [-0.25, -0.2) is 4.98 Å². The van der Waals surface area contributed by atoms with Crippen LogP contribution in [0.2, 0.25) is 0 Å². The van der Waals surface area contributed by atoms with Gasteiger partial charge in [0.05, 0.1) is 5.41 Å². The Morgan fingerprint density at radius 3 is 2.76 bits per heavy atom. The lowest BCUT2D eigenvalue weighted by atomic mass is 9.76. The summed E-state index contributed by atoms with van der Waals surface area (Å²) in [4.78, 5) is 32.7. The zero-order chi connectivity index (χ0) is 15.2. The zero-order valence-corrected chi connectivity index (χ0v) is 12.4. The minimum absolute atomic E-state index is 0.0462. The summed E-state index contributed by atoms with van der Waals surface area (Å²) in [5.74, 6) is 1.02. The van der Waals surface area contributed by atoms with E-state index in [0.717, 1.165) is 18.7 Å². The second kappa shape index (κ2) is 4.86. The van der Waals surface area contributed by atoms with E-state index in [0.29, 0.717) is 31.2 Å². The molecule has 21 heavy (non-hydrogen) atoms. The third-order valence-corrected chi connectivity index (χ3v) is 4.87. The number of aromatic nitrogens is 2. The Morgan fingerprint density at radius 2 is 2.24 bits per heavy atom. The quantitative estimate of drug-likeness (QED) is 0.879. The Bertz CT molecular complexity index is 621. The predicted molar refractivity (Wildman–Crippen MR) is 78.6 cm³/mol. The minimum Gasteiger partial charge on any atom is -0.481 e. The van der Waals surface area contributed by atoms with Crippen molar-refractivity contribution in [2.45, 2.75) is 39.0 Å². The van der Waals surface area contributed by atoms with Crippen molar-refractivity contribution in [3.05, 3.63) is 22.2 Å². The highest BCUT2D eigenvalue weighted by Crippen LogP contribution is 2.41. The monoisotopic (exact) mass is 291 g/mol. The van der Waals surface area contributed by atoms with Crippen LogP contribution in [0.4, 0.5) is 5.82 Å². The number of carboxylic acid groups (broad SMARTS) is 1. The van der Waals surface area contributed by atoms with Gasteiger partial charge in [-0.2, -0.15) is 0 Å². The van der Waals surface area contributed by atoms with E-state index in [4.69, 9.17) is 0 Å². The molecule has 2 aliphatic rings. The molecular weight excluding hydrogens is 270 g/mol. The first-order chi connectivity index (χ1) is 9.92. The van der Waals surface area contributed by atoms with E-state index in [-0.39, 0.29) is 11.5 Å². The minimum atomic E-state index is -0.757. The largest absolute Gasteiger partial charge is 0.481 e. The molecule has 0 aromatic carbocycles. The maximum Gasteiger partial charge on any atom is 0.311 e. The number of hydrogen-bond acceptors (Lipinski definition) is 4. The Morgan fingerprint density at radius 1 is 1.52 bits per heavy atom. The highest BCUT2D eigenvalue weighted by atomic mass is 16.4. The van der Waals surface area contributed by atoms with Crippen LogP contribution in [0.25, 0.3) is 0 Å². The molecule has 1 saturated carbocycles. The zero-order valence-electron chi connectivity index (χ0n) is 12.4. The van der Waals surface area contributed by atoms with E-state index in [1.54, 1.807) is 0 Å². The number of nitrogens with zero attached hydrogens (tertiary/aromatic N) is 2. The van der Waals surface area contributed by atoms with Crippen LogP contribution in [-0.4, -0.2) is 34.1 Å². The van der Waals surface area contributed by atoms with Crippen molar-refractivity contribution in [2.24, 2.45) is 11.3 Å². The average molecular weight is 291 g/mol. The molecule has 6 heteroatoms. The van der Waals surface area contributed by atoms with Crippen LogP contribution in [-0.2, 0) is 4.79 Å². The molecule has 1 aliphatic heterocycles. The Balaban J connectivity index is 1.89. The van der Waals surface area contributed by atoms with Crippen LogP contribution >= 0.6 is 0 Å². The topological polar surface area (TPSA) is 86.3 Å². The number of carboxylic acids is 1. The van der Waals surface area contributed by atoms with Gasteiger partial charge in [-0.3, -0.25) is 9.59 Å². The molecular formula is C15H21N3O3. The maximum absolute atomic E-state index is 11.8. The highest BCUT2D eigenvalue weighted by Gasteiger charge is 2.47. The van der Waals surface area contributed by atoms with Crippen molar-refractivity contribution in [1.82, 2.24) is 9.97 Å². The van der Waals surface area contributed by atoms with E-state index in [2.05, 4.69) is 9.97 Å². The summed E-state index contributed by atoms with van der Waals surface area (Å²) in [5, 5.41) is 9.59. The smallest absolute Gasteiger partial charge is 0.311 e. The summed E-state index contributed by atoms with van der Waals surface area (Å²) in [7, 11) is 0. The second-order valence-electron chi connectivity index (χ2n) is 6.55. The van der Waals surface area contributed by atoms with Crippen LogP contribution in [0, 0.1) is 11.3 Å². The molecule has 0 amide bonds. The molecule has 2 heterocycles. The van der Waals surface area contributed by atoms with E-state index < -0.39 is 11.4 Å². The molecule has 1 aromatic heterocycles. The van der Waals surface area contributed by atoms with E-state index >= 15 is 0 Å². The molecule has 1 saturated heterocycles. The first-order valence-corrected chi connectivity index (χ1v) is 7.52. The third kappa shape index (κ3) is 2.43. The molecule has 114 valence electrons. The van der Waals surface area contributed by atoms with Gasteiger partial charge in [-0.05, 0) is 25.2 Å². The van der Waals surface area contributed by atoms with Crippen LogP contribution in [0.5, 0.6) is 0 Å². The highest BCUT2D eigenvalue weighted by molar-refractivity contribution is 5.77. The Hall–Kier alpha value is -1.85. The van der Waals surface area contributed by atoms with Gasteiger partial charge in [0.1, 0.15) is 11.6 Å². The summed E-state index contributed by atoms with van der Waals surface area (Å²) >= 11 is 0. The number of anilines is 1. The van der Waals surface area contributed by atoms with Crippen molar-refractivity contribution in [2.75, 3.05) is 18.0 Å². The summed E-state index contributed by atoms with van der Waals surface area (Å²) in [5.41, 5.74) is -0.899. The van der Waals surface area contributed by atoms with Crippen LogP contribution < -0.4 is 10.5 Å². The maximum atomic E-state index is 11.8. The summed E-state index contributed by atoms with van der Waals surface area (Å²) in [6, 6.07) is 1.48. The molecule has 0 spiro atoms. The molecule has 1 aromatic rings. The van der Waals surface area contributed by atoms with E-state index in [1.807, 2.05) is 18.7 Å². The van der Waals surface area contributed by atoms with Crippen LogP contribution in [0.15, 0.2) is 10.9 Å². The number of hydrogen-bond donors (Lipinski definition) is 2. The van der Waals surface area contributed by atoms with Crippen molar-refractivity contribution in [3.63, 3.8) is 0 Å². The number of aliphatic carboxylic acids is 1. The van der Waals surface area contributed by atoms with Gasteiger partial charge in [-0.1, -0.05) is 13.8 Å². The standard InChI is InChI=1S/C15H21N3O3/c1-9(2)15(14(20)21)5-6-18(8-15)11-7-12(19)17-13(16-11)10-3-4-10/h7,9-10H,3-6,8H2,1-2H3,(H,20,21)(H,16,17,19). The SMILES string of the molecule is CC(C)C1(C(=O)O)CCN(c2cc(=O)[nH]c(C3CC3)n2)C1. The molecule has 6 nitrogen and oxygen atoms in total. The summed E-state index contributed by atoms with van der Waals surface area (Å²) < 4.78 is 0. The lowest BCUT2D eigenvalue weighted by molar-refractivity contribution is -0.150. The number of nitrogens with one attached hydrogen (secondary N) is 1. The van der Waals surface area contributed by atoms with Gasteiger partial charge < -0.3 is 15.0 Å². The summed E-state index contributed by atoms with van der Waals surface area (Å²) in [6.45, 7) is 4.93. The Labute approximate surface area is 123 Å². The van der Waals surface area contributed by atoms with Gasteiger partial charge in [0.25, 0.3) is 5.56 Å². The van der Waals surface area contributed by atoms with Gasteiger partial charge in [-0.15, -0.1) is 0 Å². The fourth-order valence-corrected chi connectivity index (χ4v) is 3.10. The van der Waals surface area contributed by atoms with Crippen molar-refractivity contribution in [1.29, 1.82) is 0 Å². The average Bonchev–Trinajstić information content (AvgIpc) is 3.15. The number of carbonyl (C=O) groups is 1. The Kier molecular flexibility index (Phi) is 3.26. The number of rotatable bonds is 4. The molecule has 2 fully saturated rings. The van der Waals surface area contributed by atoms with Crippen LogP contribution in [0.1, 0.15) is 44.9 Å². The van der Waals surface area contributed by atoms with Gasteiger partial charge in [0.15, 0.2) is 0 Å².